The quantitative estimate of drug-likeness (QED) is 0.155. The lowest BCUT2D eigenvalue weighted by Crippen LogP contribution is -2.29. The van der Waals surface area contributed by atoms with Gasteiger partial charge in [-0.25, -0.2) is 0 Å². The number of nitrogens with zero attached hydrogens (tertiary/aromatic N) is 2. The Hall–Kier alpha value is -6.64. The molecule has 0 spiro atoms. The molecule has 2 nitrogen and oxygen atoms in total. The van der Waals surface area contributed by atoms with Gasteiger partial charge >= 0.3 is 0 Å². The van der Waals surface area contributed by atoms with Crippen molar-refractivity contribution in [2.75, 3.05) is 9.80 Å². The summed E-state index contributed by atoms with van der Waals surface area (Å²) in [4.78, 5) is 4.84. The minimum atomic E-state index is -0.589. The van der Waals surface area contributed by atoms with Crippen LogP contribution in [0, 0.1) is 27.7 Å². The van der Waals surface area contributed by atoms with Gasteiger partial charge in [0.1, 0.15) is 0 Å². The highest BCUT2D eigenvalue weighted by Crippen LogP contribution is 2.58. The Bertz CT molecular complexity index is 2440. The number of hydrogen-bond acceptors (Lipinski definition) is 2. The fourth-order valence-corrected chi connectivity index (χ4v) is 8.86. The van der Waals surface area contributed by atoms with E-state index in [2.05, 4.69) is 232 Å². The first-order valence-electron chi connectivity index (χ1n) is 19.2. The highest BCUT2D eigenvalue weighted by molar-refractivity contribution is 5.92. The summed E-state index contributed by atoms with van der Waals surface area (Å²) < 4.78 is 0. The fraction of sp³-hybridized carbons (Fsp3) is 0.0943. The maximum atomic E-state index is 2.46. The van der Waals surface area contributed by atoms with Crippen molar-refractivity contribution in [3.05, 3.63) is 239 Å². The van der Waals surface area contributed by atoms with Crippen LogP contribution in [0.5, 0.6) is 0 Å². The summed E-state index contributed by atoms with van der Waals surface area (Å²) in [6.45, 7) is 8.76. The summed E-state index contributed by atoms with van der Waals surface area (Å²) in [5.41, 5.74) is 18.8. The summed E-state index contributed by atoms with van der Waals surface area (Å²) >= 11 is 0. The molecule has 266 valence electrons. The Morgan fingerprint density at radius 3 is 1.05 bits per heavy atom. The van der Waals surface area contributed by atoms with Crippen molar-refractivity contribution in [2.45, 2.75) is 33.1 Å². The van der Waals surface area contributed by atoms with Gasteiger partial charge in [0.25, 0.3) is 0 Å². The Morgan fingerprint density at radius 2 is 0.691 bits per heavy atom. The van der Waals surface area contributed by atoms with Gasteiger partial charge in [0.05, 0.1) is 5.41 Å². The van der Waals surface area contributed by atoms with E-state index in [-0.39, 0.29) is 0 Å². The van der Waals surface area contributed by atoms with Gasteiger partial charge < -0.3 is 9.80 Å². The third-order valence-corrected chi connectivity index (χ3v) is 11.2. The first kappa shape index (κ1) is 34.1. The predicted molar refractivity (Wildman–Crippen MR) is 232 cm³/mol. The van der Waals surface area contributed by atoms with E-state index >= 15 is 0 Å². The number of anilines is 6. The van der Waals surface area contributed by atoms with Crippen LogP contribution in [0.15, 0.2) is 194 Å². The second-order valence-electron chi connectivity index (χ2n) is 14.9. The highest BCUT2D eigenvalue weighted by atomic mass is 15.1. The lowest BCUT2D eigenvalue weighted by atomic mass is 9.67. The second-order valence-corrected chi connectivity index (χ2v) is 14.9. The van der Waals surface area contributed by atoms with Gasteiger partial charge in [-0.15, -0.1) is 0 Å². The van der Waals surface area contributed by atoms with Crippen molar-refractivity contribution >= 4 is 34.1 Å². The molecule has 8 aromatic carbocycles. The van der Waals surface area contributed by atoms with Gasteiger partial charge in [-0.1, -0.05) is 145 Å². The molecule has 0 aromatic heterocycles. The molecular weight excluding hydrogens is 665 g/mol. The molecule has 0 amide bonds. The van der Waals surface area contributed by atoms with Gasteiger partial charge in [0.2, 0.25) is 0 Å². The number of aryl methyl sites for hydroxylation is 4. The van der Waals surface area contributed by atoms with E-state index < -0.39 is 5.41 Å². The van der Waals surface area contributed by atoms with Crippen molar-refractivity contribution in [1.82, 2.24) is 0 Å². The normalized spacial score (nSPS) is 12.5. The molecule has 1 aliphatic rings. The van der Waals surface area contributed by atoms with Crippen LogP contribution in [0.2, 0.25) is 0 Å². The predicted octanol–water partition coefficient (Wildman–Crippen LogP) is 14.2. The van der Waals surface area contributed by atoms with Crippen molar-refractivity contribution in [2.24, 2.45) is 0 Å². The minimum Gasteiger partial charge on any atom is -0.310 e. The monoisotopic (exact) mass is 708 g/mol. The van der Waals surface area contributed by atoms with Crippen LogP contribution >= 0.6 is 0 Å². The van der Waals surface area contributed by atoms with Crippen LogP contribution in [0.3, 0.4) is 0 Å². The first-order valence-corrected chi connectivity index (χ1v) is 19.2. The topological polar surface area (TPSA) is 6.48 Å². The van der Waals surface area contributed by atoms with Crippen LogP contribution in [-0.4, -0.2) is 0 Å². The van der Waals surface area contributed by atoms with Gasteiger partial charge in [0, 0.05) is 34.1 Å². The lowest BCUT2D eigenvalue weighted by molar-refractivity contribution is 0.768. The Morgan fingerprint density at radius 1 is 0.327 bits per heavy atom. The first-order chi connectivity index (χ1) is 26.9. The average Bonchev–Trinajstić information content (AvgIpc) is 3.51. The third kappa shape index (κ3) is 5.82. The Labute approximate surface area is 325 Å². The maximum Gasteiger partial charge on any atom is 0.0715 e. The molecule has 0 unspecified atom stereocenters. The number of para-hydroxylation sites is 2. The van der Waals surface area contributed by atoms with Gasteiger partial charge in [-0.2, -0.15) is 0 Å². The zero-order chi connectivity index (χ0) is 37.5. The lowest BCUT2D eigenvalue weighted by Gasteiger charge is -2.36. The van der Waals surface area contributed by atoms with Gasteiger partial charge in [-0.05, 0) is 133 Å². The summed E-state index contributed by atoms with van der Waals surface area (Å²) in [6.07, 6.45) is 0. The molecule has 0 heterocycles. The number of rotatable bonds is 8. The fourth-order valence-electron chi connectivity index (χ4n) is 8.86. The standard InChI is InChI=1S/C53H44N2/c1-37-25-31-51(39(3)33-37)54(43-21-13-7-14-22-43)45-27-29-47-48-30-28-46(55(44-23-15-8-16-24-44)52-32-26-38(2)34-40(52)4)36-50(48)53(49(47)35-45,41-17-9-5-10-18-41)42-19-11-6-12-20-42/h5-36H,1-4H3. The molecule has 0 saturated heterocycles. The van der Waals surface area contributed by atoms with Crippen LogP contribution < -0.4 is 9.80 Å². The molecule has 0 radical (unpaired) electrons. The van der Waals surface area contributed by atoms with Crippen LogP contribution in [-0.2, 0) is 5.41 Å². The van der Waals surface area contributed by atoms with E-state index in [4.69, 9.17) is 0 Å². The van der Waals surface area contributed by atoms with E-state index in [0.717, 1.165) is 22.7 Å². The van der Waals surface area contributed by atoms with Crippen molar-refractivity contribution in [1.29, 1.82) is 0 Å². The maximum absolute atomic E-state index is 2.46. The second kappa shape index (κ2) is 14.0. The van der Waals surface area contributed by atoms with Crippen molar-refractivity contribution in [3.8, 4) is 11.1 Å². The average molecular weight is 709 g/mol. The molecule has 0 atom stereocenters. The molecule has 0 aliphatic heterocycles. The van der Waals surface area contributed by atoms with E-state index in [1.54, 1.807) is 0 Å². The molecule has 0 N–H and O–H groups in total. The SMILES string of the molecule is Cc1ccc(N(c2ccccc2)c2ccc3c(c2)C(c2ccccc2)(c2ccccc2)c2cc(N(c4ccccc4)c4ccc(C)cc4C)ccc2-3)c(C)c1. The number of benzene rings is 8. The van der Waals surface area contributed by atoms with Crippen LogP contribution in [0.25, 0.3) is 11.1 Å². The molecule has 9 rings (SSSR count). The van der Waals surface area contributed by atoms with Gasteiger partial charge in [-0.3, -0.25) is 0 Å². The van der Waals surface area contributed by atoms with Crippen LogP contribution in [0.1, 0.15) is 44.5 Å². The molecular formula is C53H44N2. The Balaban J connectivity index is 1.34. The van der Waals surface area contributed by atoms with Gasteiger partial charge in [0.15, 0.2) is 0 Å². The molecule has 1 aliphatic carbocycles. The highest BCUT2D eigenvalue weighted by Gasteiger charge is 2.47. The smallest absolute Gasteiger partial charge is 0.0715 e. The summed E-state index contributed by atoms with van der Waals surface area (Å²) in [7, 11) is 0. The van der Waals surface area contributed by atoms with E-state index in [0.29, 0.717) is 0 Å². The van der Waals surface area contributed by atoms with E-state index in [9.17, 15) is 0 Å². The largest absolute Gasteiger partial charge is 0.310 e. The summed E-state index contributed by atoms with van der Waals surface area (Å²) in [5.74, 6) is 0. The van der Waals surface area contributed by atoms with Crippen molar-refractivity contribution in [3.63, 3.8) is 0 Å². The summed E-state index contributed by atoms with van der Waals surface area (Å²) in [6, 6.07) is 71.5. The van der Waals surface area contributed by atoms with Crippen molar-refractivity contribution < 1.29 is 0 Å². The number of hydrogen-bond donors (Lipinski definition) is 0. The molecule has 0 fully saturated rings. The molecule has 0 saturated carbocycles. The third-order valence-electron chi connectivity index (χ3n) is 11.2. The molecule has 55 heavy (non-hydrogen) atoms. The molecule has 0 bridgehead atoms. The minimum absolute atomic E-state index is 0.589. The molecule has 2 heteroatoms. The van der Waals surface area contributed by atoms with E-state index in [1.165, 1.54) is 67.0 Å². The van der Waals surface area contributed by atoms with Crippen LogP contribution in [0.4, 0.5) is 34.1 Å². The van der Waals surface area contributed by atoms with E-state index in [1.807, 2.05) is 0 Å². The zero-order valence-electron chi connectivity index (χ0n) is 31.9. The Kier molecular flexibility index (Phi) is 8.67. The number of fused-ring (bicyclic) bond motifs is 3. The molecule has 8 aromatic rings. The summed E-state index contributed by atoms with van der Waals surface area (Å²) in [5, 5.41) is 0. The zero-order valence-corrected chi connectivity index (χ0v) is 31.9.